The second kappa shape index (κ2) is 32.1. The van der Waals surface area contributed by atoms with Gasteiger partial charge >= 0.3 is 5.97 Å². The summed E-state index contributed by atoms with van der Waals surface area (Å²) < 4.78 is 17.7. The quantitative estimate of drug-likeness (QED) is 0.0348. The summed E-state index contributed by atoms with van der Waals surface area (Å²) in [6.07, 6.45) is 28.5. The van der Waals surface area contributed by atoms with Gasteiger partial charge in [0.25, 0.3) is 0 Å². The van der Waals surface area contributed by atoms with Crippen molar-refractivity contribution >= 4 is 21.9 Å². The first-order valence-electron chi connectivity index (χ1n) is 16.2. The van der Waals surface area contributed by atoms with Crippen LogP contribution in [-0.4, -0.2) is 37.4 Å². The molecule has 0 aromatic heterocycles. The zero-order valence-corrected chi connectivity index (χ0v) is 26.5. The lowest BCUT2D eigenvalue weighted by atomic mass is 10.1. The number of hydrogen-bond acceptors (Lipinski definition) is 4. The highest BCUT2D eigenvalue weighted by Crippen LogP contribution is 2.14. The van der Waals surface area contributed by atoms with Crippen LogP contribution in [0.15, 0.2) is 0 Å². The Hall–Kier alpha value is -0.130. The lowest BCUT2D eigenvalue weighted by Crippen LogP contribution is -2.19. The van der Waals surface area contributed by atoms with E-state index in [-0.39, 0.29) is 12.3 Å². The molecule has 0 heterocycles. The molecular weight excluding hydrogens is 528 g/mol. The van der Waals surface area contributed by atoms with Crippen LogP contribution in [0.3, 0.4) is 0 Å². The Kier molecular flexibility index (Phi) is 32.0. The average Bonchev–Trinajstić information content (AvgIpc) is 2.90. The first kappa shape index (κ1) is 36.9. The van der Waals surface area contributed by atoms with Crippen LogP contribution in [0.2, 0.25) is 0 Å². The Morgan fingerprint density at radius 1 is 0.541 bits per heavy atom. The Balaban J connectivity index is 3.99. The van der Waals surface area contributed by atoms with Crippen molar-refractivity contribution in [3.05, 3.63) is 0 Å². The van der Waals surface area contributed by atoms with E-state index < -0.39 is 0 Å². The minimum Gasteiger partial charge on any atom is -0.466 e. The molecule has 4 nitrogen and oxygen atoms in total. The Labute approximate surface area is 239 Å². The van der Waals surface area contributed by atoms with Crippen molar-refractivity contribution < 1.29 is 19.0 Å². The summed E-state index contributed by atoms with van der Waals surface area (Å²) >= 11 is 3.45. The van der Waals surface area contributed by atoms with E-state index in [9.17, 15) is 4.79 Å². The van der Waals surface area contributed by atoms with Gasteiger partial charge < -0.3 is 14.2 Å². The summed E-state index contributed by atoms with van der Waals surface area (Å²) in [7, 11) is 0. The fourth-order valence-electron chi connectivity index (χ4n) is 4.50. The zero-order valence-electron chi connectivity index (χ0n) is 24.9. The predicted octanol–water partition coefficient (Wildman–Crippen LogP) is 10.7. The third-order valence-corrected chi connectivity index (χ3v) is 7.53. The molecule has 0 amide bonds. The van der Waals surface area contributed by atoms with Gasteiger partial charge in [-0.3, -0.25) is 4.79 Å². The van der Waals surface area contributed by atoms with Gasteiger partial charge in [-0.2, -0.15) is 0 Å². The molecule has 5 heteroatoms. The maximum absolute atomic E-state index is 12.0. The van der Waals surface area contributed by atoms with Gasteiger partial charge in [-0.05, 0) is 44.9 Å². The monoisotopic (exact) mass is 590 g/mol. The maximum atomic E-state index is 12.0. The molecule has 0 aliphatic heterocycles. The SMILES string of the molecule is CCCCCCCCCCOC(CCCCC(=O)OCCCCCCBr)OCCCCCCCCCC. The molecule has 0 aromatic rings. The summed E-state index contributed by atoms with van der Waals surface area (Å²) in [5.41, 5.74) is 0. The molecule has 0 saturated carbocycles. The lowest BCUT2D eigenvalue weighted by molar-refractivity contribution is -0.149. The molecule has 0 N–H and O–H groups in total. The summed E-state index contributed by atoms with van der Waals surface area (Å²) in [6.45, 7) is 6.67. The standard InChI is InChI=1S/C32H63BrO4/c1-3-5-7-9-11-13-16-23-29-36-32(37-30-24-17-14-12-10-8-6-4-2)26-20-19-25-31(34)35-28-22-18-15-21-27-33/h32H,3-30H2,1-2H3. The fourth-order valence-corrected chi connectivity index (χ4v) is 4.90. The minimum atomic E-state index is -0.125. The first-order valence-corrected chi connectivity index (χ1v) is 17.3. The highest BCUT2D eigenvalue weighted by Gasteiger charge is 2.11. The fraction of sp³-hybridized carbons (Fsp3) is 0.969. The number of rotatable bonds is 31. The summed E-state index contributed by atoms with van der Waals surface area (Å²) in [5, 5.41) is 1.06. The number of carbonyl (C=O) groups is 1. The van der Waals surface area contributed by atoms with Crippen LogP contribution in [0, 0.1) is 0 Å². The normalized spacial score (nSPS) is 11.5. The van der Waals surface area contributed by atoms with E-state index in [2.05, 4.69) is 29.8 Å². The number of hydrogen-bond donors (Lipinski definition) is 0. The summed E-state index contributed by atoms with van der Waals surface area (Å²) in [6, 6.07) is 0. The number of carbonyl (C=O) groups excluding carboxylic acids is 1. The van der Waals surface area contributed by atoms with Gasteiger partial charge in [0.1, 0.15) is 0 Å². The highest BCUT2D eigenvalue weighted by atomic mass is 79.9. The molecule has 0 rings (SSSR count). The molecule has 0 spiro atoms. The van der Waals surface area contributed by atoms with Gasteiger partial charge in [-0.1, -0.05) is 133 Å². The van der Waals surface area contributed by atoms with E-state index in [1.54, 1.807) is 0 Å². The molecule has 222 valence electrons. The van der Waals surface area contributed by atoms with Gasteiger partial charge in [0.2, 0.25) is 0 Å². The van der Waals surface area contributed by atoms with Crippen LogP contribution < -0.4 is 0 Å². The van der Waals surface area contributed by atoms with E-state index >= 15 is 0 Å². The molecule has 0 radical (unpaired) electrons. The van der Waals surface area contributed by atoms with Gasteiger partial charge in [-0.25, -0.2) is 0 Å². The number of alkyl halides is 1. The number of ether oxygens (including phenoxy) is 3. The summed E-state index contributed by atoms with van der Waals surface area (Å²) in [4.78, 5) is 12.0. The van der Waals surface area contributed by atoms with Crippen LogP contribution in [0.1, 0.15) is 168 Å². The molecule has 0 aliphatic rings. The van der Waals surface area contributed by atoms with Crippen molar-refractivity contribution in [1.29, 1.82) is 0 Å². The molecule has 0 aromatic carbocycles. The minimum absolute atomic E-state index is 0.0586. The molecule has 0 fully saturated rings. The molecule has 37 heavy (non-hydrogen) atoms. The van der Waals surface area contributed by atoms with Crippen LogP contribution in [0.5, 0.6) is 0 Å². The molecule has 0 unspecified atom stereocenters. The smallest absolute Gasteiger partial charge is 0.305 e. The predicted molar refractivity (Wildman–Crippen MR) is 163 cm³/mol. The van der Waals surface area contributed by atoms with Crippen LogP contribution >= 0.6 is 15.9 Å². The van der Waals surface area contributed by atoms with Crippen LogP contribution in [0.25, 0.3) is 0 Å². The van der Waals surface area contributed by atoms with Gasteiger partial charge in [-0.15, -0.1) is 0 Å². The molecule has 0 aliphatic carbocycles. The Morgan fingerprint density at radius 2 is 0.973 bits per heavy atom. The van der Waals surface area contributed by atoms with Crippen molar-refractivity contribution in [3.8, 4) is 0 Å². The van der Waals surface area contributed by atoms with E-state index in [1.165, 1.54) is 103 Å². The Morgan fingerprint density at radius 3 is 1.46 bits per heavy atom. The number of unbranched alkanes of at least 4 members (excludes halogenated alkanes) is 18. The highest BCUT2D eigenvalue weighted by molar-refractivity contribution is 9.09. The number of esters is 1. The lowest BCUT2D eigenvalue weighted by Gasteiger charge is -2.19. The summed E-state index contributed by atoms with van der Waals surface area (Å²) in [5.74, 6) is -0.0586. The van der Waals surface area contributed by atoms with Crippen molar-refractivity contribution in [3.63, 3.8) is 0 Å². The van der Waals surface area contributed by atoms with Crippen LogP contribution in [0.4, 0.5) is 0 Å². The number of halogens is 1. The van der Waals surface area contributed by atoms with E-state index in [0.29, 0.717) is 13.0 Å². The van der Waals surface area contributed by atoms with Crippen molar-refractivity contribution in [2.75, 3.05) is 25.2 Å². The molecule has 0 saturated heterocycles. The largest absolute Gasteiger partial charge is 0.466 e. The third-order valence-electron chi connectivity index (χ3n) is 6.97. The van der Waals surface area contributed by atoms with Crippen LogP contribution in [-0.2, 0) is 19.0 Å². The van der Waals surface area contributed by atoms with E-state index in [0.717, 1.165) is 63.5 Å². The van der Waals surface area contributed by atoms with Crippen molar-refractivity contribution in [2.24, 2.45) is 0 Å². The second-order valence-electron chi connectivity index (χ2n) is 10.7. The van der Waals surface area contributed by atoms with E-state index in [1.807, 2.05) is 0 Å². The zero-order chi connectivity index (χ0) is 27.1. The first-order chi connectivity index (χ1) is 18.2. The molecule has 0 atom stereocenters. The average molecular weight is 592 g/mol. The van der Waals surface area contributed by atoms with Crippen molar-refractivity contribution in [1.82, 2.24) is 0 Å². The topological polar surface area (TPSA) is 44.8 Å². The molecular formula is C32H63BrO4. The van der Waals surface area contributed by atoms with E-state index in [4.69, 9.17) is 14.2 Å². The van der Waals surface area contributed by atoms with Crippen molar-refractivity contribution in [2.45, 2.75) is 174 Å². The third kappa shape index (κ3) is 30.3. The van der Waals surface area contributed by atoms with Gasteiger partial charge in [0.05, 0.1) is 6.61 Å². The Bertz CT molecular complexity index is 425. The second-order valence-corrected chi connectivity index (χ2v) is 11.5. The molecule has 0 bridgehead atoms. The maximum Gasteiger partial charge on any atom is 0.305 e. The van der Waals surface area contributed by atoms with Gasteiger partial charge in [0.15, 0.2) is 6.29 Å². The van der Waals surface area contributed by atoms with Gasteiger partial charge in [0, 0.05) is 25.0 Å².